The minimum Gasteiger partial charge on any atom is -0.497 e. The molecule has 0 saturated carbocycles. The van der Waals surface area contributed by atoms with Crippen LogP contribution in [-0.4, -0.2) is 29.6 Å². The number of nitrogens with two attached hydrogens (primary N) is 1. The van der Waals surface area contributed by atoms with E-state index < -0.39 is 0 Å². The molecule has 0 aliphatic carbocycles. The summed E-state index contributed by atoms with van der Waals surface area (Å²) in [7, 11) is 1.59. The van der Waals surface area contributed by atoms with E-state index in [1.165, 1.54) is 4.68 Å². The topological polar surface area (TPSA) is 74.7 Å². The predicted molar refractivity (Wildman–Crippen MR) is 81.7 cm³/mol. The van der Waals surface area contributed by atoms with Crippen molar-refractivity contribution in [2.75, 3.05) is 19.5 Å². The van der Waals surface area contributed by atoms with Gasteiger partial charge in [-0.05, 0) is 25.1 Å². The highest BCUT2D eigenvalue weighted by molar-refractivity contribution is 5.84. The molecule has 0 bridgehead atoms. The van der Waals surface area contributed by atoms with Crippen molar-refractivity contribution < 1.29 is 9.47 Å². The lowest BCUT2D eigenvalue weighted by molar-refractivity contribution is 0.367. The standard InChI is InChI=1S/C15H16N4O2/c1-4-7-21-14-6-5-13(20-3)8-12(14)9-17-19-10-11(2)18-15(19)16/h1,5-6,8-10H,7H2,2-3H3,(H2,16,18). The molecule has 6 nitrogen and oxygen atoms in total. The number of methoxy groups -OCH3 is 1. The number of terminal acetylenes is 1. The third-order valence-electron chi connectivity index (χ3n) is 2.68. The molecule has 0 aliphatic heterocycles. The van der Waals surface area contributed by atoms with Gasteiger partial charge in [0, 0.05) is 5.56 Å². The van der Waals surface area contributed by atoms with Crippen molar-refractivity contribution in [3.8, 4) is 23.8 Å². The van der Waals surface area contributed by atoms with E-state index >= 15 is 0 Å². The summed E-state index contributed by atoms with van der Waals surface area (Å²) in [6.45, 7) is 2.02. The van der Waals surface area contributed by atoms with Crippen LogP contribution in [-0.2, 0) is 0 Å². The Morgan fingerprint density at radius 1 is 1.52 bits per heavy atom. The van der Waals surface area contributed by atoms with Gasteiger partial charge >= 0.3 is 0 Å². The van der Waals surface area contributed by atoms with Crippen molar-refractivity contribution in [3.63, 3.8) is 0 Å². The lowest BCUT2D eigenvalue weighted by Crippen LogP contribution is -2.00. The van der Waals surface area contributed by atoms with Crippen LogP contribution in [0.15, 0.2) is 29.5 Å². The first-order valence-electron chi connectivity index (χ1n) is 6.24. The molecule has 0 spiro atoms. The van der Waals surface area contributed by atoms with E-state index in [9.17, 15) is 0 Å². The molecule has 2 N–H and O–H groups in total. The SMILES string of the molecule is C#CCOc1ccc(OC)cc1C=Nn1cc(C)nc1N. The molecule has 0 amide bonds. The van der Waals surface area contributed by atoms with Crippen molar-refractivity contribution >= 4 is 12.2 Å². The van der Waals surface area contributed by atoms with Crippen molar-refractivity contribution in [2.45, 2.75) is 6.92 Å². The van der Waals surface area contributed by atoms with E-state index in [0.717, 1.165) is 11.3 Å². The van der Waals surface area contributed by atoms with Gasteiger partial charge in [-0.1, -0.05) is 5.92 Å². The number of anilines is 1. The van der Waals surface area contributed by atoms with Crippen LogP contribution in [0.3, 0.4) is 0 Å². The minimum absolute atomic E-state index is 0.180. The Kier molecular flexibility index (Phi) is 4.46. The van der Waals surface area contributed by atoms with Crippen molar-refractivity contribution in [2.24, 2.45) is 5.10 Å². The largest absolute Gasteiger partial charge is 0.497 e. The highest BCUT2D eigenvalue weighted by atomic mass is 16.5. The number of aromatic nitrogens is 2. The summed E-state index contributed by atoms with van der Waals surface area (Å²) in [6, 6.07) is 5.37. The fraction of sp³-hybridized carbons (Fsp3) is 0.200. The molecule has 0 fully saturated rings. The summed E-state index contributed by atoms with van der Waals surface area (Å²) >= 11 is 0. The predicted octanol–water partition coefficient (Wildman–Crippen LogP) is 1.68. The molecule has 0 atom stereocenters. The van der Waals surface area contributed by atoms with Gasteiger partial charge < -0.3 is 15.2 Å². The molecule has 0 aliphatic rings. The van der Waals surface area contributed by atoms with Crippen molar-refractivity contribution in [3.05, 3.63) is 35.7 Å². The van der Waals surface area contributed by atoms with E-state index in [0.29, 0.717) is 17.4 Å². The lowest BCUT2D eigenvalue weighted by Gasteiger charge is -2.08. The Morgan fingerprint density at radius 2 is 2.33 bits per heavy atom. The summed E-state index contributed by atoms with van der Waals surface area (Å²) in [6.07, 6.45) is 8.55. The number of aryl methyl sites for hydroxylation is 1. The molecule has 108 valence electrons. The zero-order valence-electron chi connectivity index (χ0n) is 11.9. The third-order valence-corrected chi connectivity index (χ3v) is 2.68. The normalized spacial score (nSPS) is 10.5. The molecule has 2 aromatic rings. The maximum Gasteiger partial charge on any atom is 0.221 e. The number of hydrogen-bond acceptors (Lipinski definition) is 5. The Bertz CT molecular complexity index is 698. The Morgan fingerprint density at radius 3 is 2.95 bits per heavy atom. The van der Waals surface area contributed by atoms with Crippen LogP contribution in [0.25, 0.3) is 0 Å². The van der Waals surface area contributed by atoms with Gasteiger partial charge in [0.05, 0.1) is 25.2 Å². The van der Waals surface area contributed by atoms with Crippen LogP contribution >= 0.6 is 0 Å². The zero-order valence-corrected chi connectivity index (χ0v) is 11.9. The second kappa shape index (κ2) is 6.48. The van der Waals surface area contributed by atoms with Gasteiger partial charge in [-0.3, -0.25) is 0 Å². The average Bonchev–Trinajstić information content (AvgIpc) is 2.81. The van der Waals surface area contributed by atoms with E-state index in [2.05, 4.69) is 16.0 Å². The smallest absolute Gasteiger partial charge is 0.221 e. The molecule has 1 aromatic heterocycles. The lowest BCUT2D eigenvalue weighted by atomic mass is 10.2. The molecule has 0 unspecified atom stereocenters. The van der Waals surface area contributed by atoms with Crippen molar-refractivity contribution in [1.29, 1.82) is 0 Å². The first kappa shape index (κ1) is 14.5. The maximum absolute atomic E-state index is 5.74. The van der Waals surface area contributed by atoms with Crippen LogP contribution in [0, 0.1) is 19.3 Å². The molecular formula is C15H16N4O2. The summed E-state index contributed by atoms with van der Waals surface area (Å²) in [5.41, 5.74) is 7.26. The Balaban J connectivity index is 2.32. The number of benzene rings is 1. The number of rotatable bonds is 5. The summed E-state index contributed by atoms with van der Waals surface area (Å²) in [5.74, 6) is 4.05. The number of imidazole rings is 1. The number of nitrogen functional groups attached to an aromatic ring is 1. The zero-order chi connectivity index (χ0) is 15.2. The molecule has 0 saturated heterocycles. The van der Waals surface area contributed by atoms with Gasteiger partial charge in [0.25, 0.3) is 0 Å². The van der Waals surface area contributed by atoms with Gasteiger partial charge in [-0.25, -0.2) is 9.66 Å². The first-order valence-corrected chi connectivity index (χ1v) is 6.24. The fourth-order valence-electron chi connectivity index (χ4n) is 1.73. The Labute approximate surface area is 123 Å². The highest BCUT2D eigenvalue weighted by Gasteiger charge is 2.05. The summed E-state index contributed by atoms with van der Waals surface area (Å²) < 4.78 is 12.1. The minimum atomic E-state index is 0.180. The van der Waals surface area contributed by atoms with Crippen LogP contribution in [0.1, 0.15) is 11.3 Å². The van der Waals surface area contributed by atoms with Gasteiger partial charge in [-0.2, -0.15) is 5.10 Å². The average molecular weight is 284 g/mol. The van der Waals surface area contributed by atoms with Crippen LogP contribution in [0.5, 0.6) is 11.5 Å². The number of nitrogens with zero attached hydrogens (tertiary/aromatic N) is 3. The molecule has 1 heterocycles. The second-order valence-corrected chi connectivity index (χ2v) is 4.23. The summed E-state index contributed by atoms with van der Waals surface area (Å²) in [5, 5.41) is 4.26. The molecule has 1 aromatic carbocycles. The van der Waals surface area contributed by atoms with Gasteiger partial charge in [-0.15, -0.1) is 6.42 Å². The number of hydrogen-bond donors (Lipinski definition) is 1. The van der Waals surface area contributed by atoms with E-state index in [1.54, 1.807) is 37.7 Å². The summed E-state index contributed by atoms with van der Waals surface area (Å²) in [4.78, 5) is 4.07. The van der Waals surface area contributed by atoms with E-state index in [-0.39, 0.29) is 6.61 Å². The van der Waals surface area contributed by atoms with Crippen molar-refractivity contribution in [1.82, 2.24) is 9.66 Å². The monoisotopic (exact) mass is 284 g/mol. The van der Waals surface area contributed by atoms with E-state index in [4.69, 9.17) is 21.6 Å². The van der Waals surface area contributed by atoms with E-state index in [1.807, 2.05) is 6.92 Å². The van der Waals surface area contributed by atoms with Gasteiger partial charge in [0.15, 0.2) is 0 Å². The molecular weight excluding hydrogens is 268 g/mol. The van der Waals surface area contributed by atoms with Crippen LogP contribution < -0.4 is 15.2 Å². The quantitative estimate of drug-likeness (QED) is 0.669. The third kappa shape index (κ3) is 3.54. The number of ether oxygens (including phenoxy) is 2. The fourth-order valence-corrected chi connectivity index (χ4v) is 1.73. The first-order chi connectivity index (χ1) is 10.1. The maximum atomic E-state index is 5.74. The molecule has 6 heteroatoms. The van der Waals surface area contributed by atoms with Crippen LogP contribution in [0.4, 0.5) is 5.95 Å². The molecule has 0 radical (unpaired) electrons. The Hall–Kier alpha value is -2.94. The van der Waals surface area contributed by atoms with Gasteiger partial charge in [0.2, 0.25) is 5.95 Å². The highest BCUT2D eigenvalue weighted by Crippen LogP contribution is 2.23. The van der Waals surface area contributed by atoms with Gasteiger partial charge in [0.1, 0.15) is 18.1 Å². The molecule has 21 heavy (non-hydrogen) atoms. The van der Waals surface area contributed by atoms with Crippen LogP contribution in [0.2, 0.25) is 0 Å². The molecule has 2 rings (SSSR count). The second-order valence-electron chi connectivity index (χ2n) is 4.23.